The summed E-state index contributed by atoms with van der Waals surface area (Å²) in [7, 11) is 1.81. The number of aryl methyl sites for hydroxylation is 1. The van der Waals surface area contributed by atoms with Gasteiger partial charge in [-0.05, 0) is 30.9 Å². The number of carbonyl (C=O) groups excluding carboxylic acids is 1. The highest BCUT2D eigenvalue weighted by Gasteiger charge is 2.43. The van der Waals surface area contributed by atoms with Gasteiger partial charge in [0.05, 0.1) is 29.5 Å². The van der Waals surface area contributed by atoms with E-state index < -0.39 is 24.4 Å². The van der Waals surface area contributed by atoms with Crippen LogP contribution in [0.2, 0.25) is 0 Å². The Morgan fingerprint density at radius 1 is 1.37 bits per heavy atom. The molecule has 2 unspecified atom stereocenters. The van der Waals surface area contributed by atoms with E-state index >= 15 is 0 Å². The molecule has 4 heterocycles. The molecule has 3 atom stereocenters. The Morgan fingerprint density at radius 2 is 2.17 bits per heavy atom. The minimum absolute atomic E-state index is 0.0902. The lowest BCUT2D eigenvalue weighted by Gasteiger charge is -2.35. The maximum atomic E-state index is 12.9. The van der Waals surface area contributed by atoms with Gasteiger partial charge < -0.3 is 10.2 Å². The number of carbonyl (C=O) groups is 1. The number of hydrogen-bond donors (Lipinski definition) is 1. The molecule has 0 aliphatic carbocycles. The molecule has 1 amide bonds. The van der Waals surface area contributed by atoms with Gasteiger partial charge in [-0.25, -0.2) is 9.97 Å². The van der Waals surface area contributed by atoms with Gasteiger partial charge in [-0.3, -0.25) is 9.48 Å². The highest BCUT2D eigenvalue weighted by atomic mass is 19.4. The second-order valence-electron chi connectivity index (χ2n) is 7.94. The van der Waals surface area contributed by atoms with Crippen LogP contribution in [0.1, 0.15) is 38.3 Å². The van der Waals surface area contributed by atoms with E-state index in [9.17, 15) is 18.0 Å². The van der Waals surface area contributed by atoms with Gasteiger partial charge in [0.15, 0.2) is 0 Å². The Bertz CT molecular complexity index is 969. The lowest BCUT2D eigenvalue weighted by atomic mass is 9.97. The summed E-state index contributed by atoms with van der Waals surface area (Å²) in [6.45, 7) is 1.06. The molecule has 2 aliphatic rings. The molecule has 1 N–H and O–H groups in total. The molecular weight excluding hydrogens is 397 g/mol. The zero-order chi connectivity index (χ0) is 21.5. The van der Waals surface area contributed by atoms with Crippen LogP contribution in [0.4, 0.5) is 24.8 Å². The number of hydrogen-bond acceptors (Lipinski definition) is 5. The number of nitrogens with zero attached hydrogens (tertiary/aromatic N) is 5. The number of amides is 1. The van der Waals surface area contributed by atoms with Crippen LogP contribution in [-0.2, 0) is 11.8 Å². The Labute approximate surface area is 172 Å². The van der Waals surface area contributed by atoms with Crippen LogP contribution < -0.4 is 5.32 Å². The molecule has 7 nitrogen and oxygen atoms in total. The van der Waals surface area contributed by atoms with Crippen molar-refractivity contribution in [3.8, 4) is 0 Å². The summed E-state index contributed by atoms with van der Waals surface area (Å²) < 4.78 is 40.2. The van der Waals surface area contributed by atoms with Gasteiger partial charge in [-0.15, -0.1) is 0 Å². The quantitative estimate of drug-likeness (QED) is 0.799. The Balaban J connectivity index is 1.49. The van der Waals surface area contributed by atoms with Crippen LogP contribution in [0, 0.1) is 5.92 Å². The summed E-state index contributed by atoms with van der Waals surface area (Å²) in [5.74, 6) is -1.63. The third-order valence-electron chi connectivity index (χ3n) is 5.67. The number of aromatic nitrogens is 4. The maximum absolute atomic E-state index is 12.9. The number of nitrogens with one attached hydrogen (secondary N) is 1. The molecular formula is C20H23F3N6O. The minimum Gasteiger partial charge on any atom is -0.333 e. The van der Waals surface area contributed by atoms with Gasteiger partial charge in [0.25, 0.3) is 0 Å². The second kappa shape index (κ2) is 7.73. The largest absolute Gasteiger partial charge is 0.392 e. The average Bonchev–Trinajstić information content (AvgIpc) is 3.20. The molecule has 4 rings (SSSR count). The van der Waals surface area contributed by atoms with E-state index in [2.05, 4.69) is 20.4 Å². The van der Waals surface area contributed by atoms with Crippen molar-refractivity contribution < 1.29 is 18.0 Å². The highest BCUT2D eigenvalue weighted by molar-refractivity contribution is 5.80. The lowest BCUT2D eigenvalue weighted by molar-refractivity contribution is -0.177. The smallest absolute Gasteiger partial charge is 0.333 e. The first-order valence-electron chi connectivity index (χ1n) is 9.88. The van der Waals surface area contributed by atoms with Crippen molar-refractivity contribution in [2.75, 3.05) is 5.32 Å². The van der Waals surface area contributed by atoms with Crippen molar-refractivity contribution in [1.29, 1.82) is 0 Å². The van der Waals surface area contributed by atoms with Gasteiger partial charge in [-0.1, -0.05) is 13.0 Å². The van der Waals surface area contributed by atoms with Crippen molar-refractivity contribution in [2.45, 2.75) is 50.9 Å². The highest BCUT2D eigenvalue weighted by Crippen LogP contribution is 2.39. The number of alkyl halides is 3. The molecule has 2 aromatic rings. The number of rotatable bonds is 5. The topological polar surface area (TPSA) is 75.9 Å². The summed E-state index contributed by atoms with van der Waals surface area (Å²) in [6.07, 6.45) is 4.35. The van der Waals surface area contributed by atoms with Crippen LogP contribution in [0.3, 0.4) is 0 Å². The molecule has 1 fully saturated rings. The Kier molecular flexibility index (Phi) is 5.25. The minimum atomic E-state index is -4.36. The third-order valence-corrected chi connectivity index (χ3v) is 5.67. The van der Waals surface area contributed by atoms with E-state index in [0.29, 0.717) is 12.4 Å². The van der Waals surface area contributed by atoms with Gasteiger partial charge in [0, 0.05) is 31.9 Å². The van der Waals surface area contributed by atoms with E-state index in [4.69, 9.17) is 0 Å². The van der Waals surface area contributed by atoms with E-state index in [-0.39, 0.29) is 12.1 Å². The molecule has 1 saturated heterocycles. The predicted molar refractivity (Wildman–Crippen MR) is 105 cm³/mol. The monoisotopic (exact) mass is 420 g/mol. The fourth-order valence-electron chi connectivity index (χ4n) is 4.10. The molecule has 2 aliphatic heterocycles. The molecule has 0 saturated carbocycles. The summed E-state index contributed by atoms with van der Waals surface area (Å²) in [5, 5.41) is 7.19. The molecule has 160 valence electrons. The molecule has 0 aromatic carbocycles. The fraction of sp³-hybridized carbons (Fsp3) is 0.500. The number of anilines is 2. The molecule has 2 aromatic heterocycles. The number of halogens is 3. The Hall–Kier alpha value is -2.91. The van der Waals surface area contributed by atoms with Crippen LogP contribution >= 0.6 is 0 Å². The van der Waals surface area contributed by atoms with E-state index in [1.54, 1.807) is 22.0 Å². The summed E-state index contributed by atoms with van der Waals surface area (Å²) in [6, 6.07) is 1.53. The summed E-state index contributed by atoms with van der Waals surface area (Å²) in [5.41, 5.74) is 2.51. The van der Waals surface area contributed by atoms with Crippen LogP contribution in [0.25, 0.3) is 5.57 Å². The molecule has 30 heavy (non-hydrogen) atoms. The van der Waals surface area contributed by atoms with E-state index in [1.807, 2.05) is 25.4 Å². The molecule has 2 bridgehead atoms. The summed E-state index contributed by atoms with van der Waals surface area (Å²) in [4.78, 5) is 23.0. The van der Waals surface area contributed by atoms with Crippen molar-refractivity contribution in [1.82, 2.24) is 24.6 Å². The lowest BCUT2D eigenvalue weighted by Crippen LogP contribution is -2.44. The maximum Gasteiger partial charge on any atom is 0.392 e. The van der Waals surface area contributed by atoms with Crippen LogP contribution in [0.5, 0.6) is 0 Å². The van der Waals surface area contributed by atoms with Crippen LogP contribution in [0.15, 0.2) is 30.7 Å². The first-order valence-corrected chi connectivity index (χ1v) is 9.88. The van der Waals surface area contributed by atoms with Gasteiger partial charge in [0.1, 0.15) is 0 Å². The molecule has 0 spiro atoms. The zero-order valence-corrected chi connectivity index (χ0v) is 16.7. The SMILES string of the molecule is C[C@@H](CC(=O)N1C2C=C(c3ccnc(Nc4cnn(C)c4)n3)CC1CC2)C(F)(F)F. The summed E-state index contributed by atoms with van der Waals surface area (Å²) >= 11 is 0. The standard InChI is InChI=1S/C20H23F3N6O/c1-12(20(21,22)23)7-18(30)29-15-3-4-16(29)9-13(8-15)17-5-6-24-19(27-17)26-14-10-25-28(2)11-14/h5-6,8,10-12,15-16H,3-4,7,9H2,1-2H3,(H,24,26,27)/t12-,15?,16?/m0/s1. The second-order valence-corrected chi connectivity index (χ2v) is 7.94. The Morgan fingerprint density at radius 3 is 2.83 bits per heavy atom. The zero-order valence-electron chi connectivity index (χ0n) is 16.7. The average molecular weight is 420 g/mol. The van der Waals surface area contributed by atoms with Crippen molar-refractivity contribution >= 4 is 23.1 Å². The van der Waals surface area contributed by atoms with E-state index in [0.717, 1.165) is 36.7 Å². The van der Waals surface area contributed by atoms with Gasteiger partial charge in [-0.2, -0.15) is 18.3 Å². The predicted octanol–water partition coefficient (Wildman–Crippen LogP) is 3.69. The normalized spacial score (nSPS) is 22.0. The van der Waals surface area contributed by atoms with Crippen molar-refractivity contribution in [3.05, 3.63) is 36.4 Å². The van der Waals surface area contributed by atoms with Gasteiger partial charge >= 0.3 is 6.18 Å². The van der Waals surface area contributed by atoms with Crippen LogP contribution in [-0.4, -0.2) is 48.8 Å². The first kappa shape index (κ1) is 20.4. The van der Waals surface area contributed by atoms with Crippen molar-refractivity contribution in [2.24, 2.45) is 13.0 Å². The molecule has 10 heteroatoms. The van der Waals surface area contributed by atoms with E-state index in [1.165, 1.54) is 0 Å². The first-order chi connectivity index (χ1) is 14.2. The van der Waals surface area contributed by atoms with Crippen molar-refractivity contribution in [3.63, 3.8) is 0 Å². The number of fused-ring (bicyclic) bond motifs is 2. The van der Waals surface area contributed by atoms with Gasteiger partial charge in [0.2, 0.25) is 11.9 Å². The third kappa shape index (κ3) is 4.17. The fourth-order valence-corrected chi connectivity index (χ4v) is 4.10. The molecule has 0 radical (unpaired) electrons.